The molecular weight excluding hydrogens is 249 g/mol. The molecule has 1 N–H and O–H groups in total. The predicted molar refractivity (Wildman–Crippen MR) is 65.3 cm³/mol. The lowest BCUT2D eigenvalue weighted by Crippen LogP contribution is -2.10. The number of unbranched alkanes of at least 4 members (excludes halogenated alkanes) is 1. The van der Waals surface area contributed by atoms with Gasteiger partial charge in [0.15, 0.2) is 0 Å². The number of thioether (sulfide) groups is 1. The molecule has 0 radical (unpaired) electrons. The maximum Gasteiger partial charge on any atom is 0.433 e. The maximum absolute atomic E-state index is 12.4. The van der Waals surface area contributed by atoms with Crippen molar-refractivity contribution in [3.63, 3.8) is 0 Å². The van der Waals surface area contributed by atoms with Gasteiger partial charge in [-0.1, -0.05) is 6.07 Å². The van der Waals surface area contributed by atoms with Crippen LogP contribution in [-0.4, -0.2) is 23.5 Å². The van der Waals surface area contributed by atoms with Crippen molar-refractivity contribution in [3.05, 3.63) is 23.9 Å². The van der Waals surface area contributed by atoms with Crippen LogP contribution < -0.4 is 5.32 Å². The largest absolute Gasteiger partial charge is 0.433 e. The van der Waals surface area contributed by atoms with Gasteiger partial charge >= 0.3 is 6.18 Å². The van der Waals surface area contributed by atoms with Crippen LogP contribution in [0.25, 0.3) is 0 Å². The molecule has 0 aliphatic rings. The van der Waals surface area contributed by atoms with Crippen molar-refractivity contribution in [2.75, 3.05) is 23.9 Å². The molecule has 1 heterocycles. The molecule has 1 aromatic rings. The van der Waals surface area contributed by atoms with Crippen LogP contribution in [0.15, 0.2) is 18.2 Å². The number of hydrogen-bond acceptors (Lipinski definition) is 3. The highest BCUT2D eigenvalue weighted by Gasteiger charge is 2.32. The van der Waals surface area contributed by atoms with Crippen molar-refractivity contribution in [1.82, 2.24) is 4.98 Å². The van der Waals surface area contributed by atoms with Crippen LogP contribution in [0.2, 0.25) is 0 Å². The summed E-state index contributed by atoms with van der Waals surface area (Å²) in [4.78, 5) is 3.52. The summed E-state index contributed by atoms with van der Waals surface area (Å²) < 4.78 is 37.1. The van der Waals surface area contributed by atoms with Crippen molar-refractivity contribution >= 4 is 17.6 Å². The minimum absolute atomic E-state index is 0.281. The Bertz CT molecular complexity index is 342. The molecule has 1 rings (SSSR count). The van der Waals surface area contributed by atoms with E-state index in [1.807, 2.05) is 6.26 Å². The van der Waals surface area contributed by atoms with E-state index in [1.165, 1.54) is 6.07 Å². The van der Waals surface area contributed by atoms with E-state index in [0.717, 1.165) is 24.7 Å². The first-order valence-corrected chi connectivity index (χ1v) is 6.70. The smallest absolute Gasteiger partial charge is 0.370 e. The molecule has 17 heavy (non-hydrogen) atoms. The quantitative estimate of drug-likeness (QED) is 0.794. The molecule has 0 unspecified atom stereocenters. The van der Waals surface area contributed by atoms with Crippen LogP contribution in [0.5, 0.6) is 0 Å². The second-order valence-electron chi connectivity index (χ2n) is 3.53. The topological polar surface area (TPSA) is 24.9 Å². The first kappa shape index (κ1) is 14.2. The van der Waals surface area contributed by atoms with Gasteiger partial charge in [0.05, 0.1) is 0 Å². The van der Waals surface area contributed by atoms with Gasteiger partial charge in [-0.15, -0.1) is 0 Å². The third kappa shape index (κ3) is 5.30. The number of nitrogens with zero attached hydrogens (tertiary/aromatic N) is 1. The maximum atomic E-state index is 12.4. The Hall–Kier alpha value is -0.910. The number of hydrogen-bond donors (Lipinski definition) is 1. The Balaban J connectivity index is 2.44. The summed E-state index contributed by atoms with van der Waals surface area (Å²) in [7, 11) is 0. The molecule has 6 heteroatoms. The molecule has 0 atom stereocenters. The van der Waals surface area contributed by atoms with Crippen LogP contribution in [0.1, 0.15) is 18.5 Å². The number of nitrogens with one attached hydrogen (secondary N) is 1. The zero-order chi connectivity index (χ0) is 12.7. The Kier molecular flexibility index (Phi) is 5.61. The van der Waals surface area contributed by atoms with E-state index in [9.17, 15) is 13.2 Å². The van der Waals surface area contributed by atoms with E-state index in [0.29, 0.717) is 6.54 Å². The molecule has 0 saturated heterocycles. The van der Waals surface area contributed by atoms with Crippen molar-refractivity contribution in [3.8, 4) is 0 Å². The first-order valence-electron chi connectivity index (χ1n) is 5.31. The second-order valence-corrected chi connectivity index (χ2v) is 4.52. The molecule has 0 spiro atoms. The molecule has 2 nitrogen and oxygen atoms in total. The summed E-state index contributed by atoms with van der Waals surface area (Å²) in [5, 5.41) is 2.90. The van der Waals surface area contributed by atoms with Crippen molar-refractivity contribution in [2.24, 2.45) is 0 Å². The average molecular weight is 264 g/mol. The van der Waals surface area contributed by atoms with Gasteiger partial charge in [-0.05, 0) is 37.0 Å². The van der Waals surface area contributed by atoms with Gasteiger partial charge in [0.1, 0.15) is 11.5 Å². The van der Waals surface area contributed by atoms with Crippen LogP contribution in [0, 0.1) is 0 Å². The van der Waals surface area contributed by atoms with Gasteiger partial charge in [-0.2, -0.15) is 24.9 Å². The van der Waals surface area contributed by atoms with Crippen LogP contribution in [0.4, 0.5) is 19.0 Å². The van der Waals surface area contributed by atoms with Crippen LogP contribution in [0.3, 0.4) is 0 Å². The van der Waals surface area contributed by atoms with E-state index in [2.05, 4.69) is 10.3 Å². The molecule has 0 aliphatic carbocycles. The fourth-order valence-electron chi connectivity index (χ4n) is 1.28. The number of rotatable bonds is 6. The lowest BCUT2D eigenvalue weighted by atomic mass is 10.3. The van der Waals surface area contributed by atoms with Gasteiger partial charge in [0, 0.05) is 6.54 Å². The minimum atomic E-state index is -4.38. The highest BCUT2D eigenvalue weighted by Crippen LogP contribution is 2.28. The third-order valence-electron chi connectivity index (χ3n) is 2.12. The molecule has 0 amide bonds. The molecule has 96 valence electrons. The summed E-state index contributed by atoms with van der Waals surface area (Å²) in [6.07, 6.45) is -0.371. The van der Waals surface area contributed by atoms with Crippen LogP contribution in [-0.2, 0) is 6.18 Å². The van der Waals surface area contributed by atoms with Gasteiger partial charge < -0.3 is 5.32 Å². The summed E-state index contributed by atoms with van der Waals surface area (Å²) in [5.41, 5.74) is -0.855. The highest BCUT2D eigenvalue weighted by molar-refractivity contribution is 7.98. The number of pyridine rings is 1. The first-order chi connectivity index (χ1) is 8.04. The van der Waals surface area contributed by atoms with Gasteiger partial charge in [-0.3, -0.25) is 0 Å². The Morgan fingerprint density at radius 2 is 2.06 bits per heavy atom. The normalized spacial score (nSPS) is 11.5. The predicted octanol–water partition coefficient (Wildman–Crippen LogP) is 3.66. The Morgan fingerprint density at radius 3 is 2.71 bits per heavy atom. The van der Waals surface area contributed by atoms with Crippen LogP contribution >= 0.6 is 11.8 Å². The zero-order valence-electron chi connectivity index (χ0n) is 9.55. The standard InChI is InChI=1S/C11H15F3N2S/c1-17-8-3-2-7-15-10-6-4-5-9(16-10)11(12,13)14/h4-6H,2-3,7-8H2,1H3,(H,15,16). The van der Waals surface area contributed by atoms with Gasteiger partial charge in [-0.25, -0.2) is 4.98 Å². The van der Waals surface area contributed by atoms with Crippen molar-refractivity contribution in [2.45, 2.75) is 19.0 Å². The van der Waals surface area contributed by atoms with Gasteiger partial charge in [0.2, 0.25) is 0 Å². The van der Waals surface area contributed by atoms with E-state index < -0.39 is 11.9 Å². The second kappa shape index (κ2) is 6.74. The van der Waals surface area contributed by atoms with Crippen molar-refractivity contribution in [1.29, 1.82) is 0 Å². The Morgan fingerprint density at radius 1 is 1.29 bits per heavy atom. The summed E-state index contributed by atoms with van der Waals surface area (Å²) in [5.74, 6) is 1.35. The summed E-state index contributed by atoms with van der Waals surface area (Å²) in [6, 6.07) is 3.88. The molecule has 0 saturated carbocycles. The number of aromatic nitrogens is 1. The fourth-order valence-corrected chi connectivity index (χ4v) is 1.77. The molecule has 0 bridgehead atoms. The molecule has 1 aromatic heterocycles. The lowest BCUT2D eigenvalue weighted by Gasteiger charge is -2.09. The van der Waals surface area contributed by atoms with Gasteiger partial charge in [0.25, 0.3) is 0 Å². The fraction of sp³-hybridized carbons (Fsp3) is 0.545. The highest BCUT2D eigenvalue weighted by atomic mass is 32.2. The molecule has 0 aromatic carbocycles. The number of halogens is 3. The summed E-state index contributed by atoms with van der Waals surface area (Å²) >= 11 is 1.76. The molecular formula is C11H15F3N2S. The van der Waals surface area contributed by atoms with E-state index >= 15 is 0 Å². The number of anilines is 1. The van der Waals surface area contributed by atoms with Crippen molar-refractivity contribution < 1.29 is 13.2 Å². The Labute approximate surface area is 103 Å². The SMILES string of the molecule is CSCCCCNc1cccc(C(F)(F)F)n1. The monoisotopic (exact) mass is 264 g/mol. The number of alkyl halides is 3. The van der Waals surface area contributed by atoms with E-state index in [-0.39, 0.29) is 5.82 Å². The molecule has 0 fully saturated rings. The minimum Gasteiger partial charge on any atom is -0.370 e. The zero-order valence-corrected chi connectivity index (χ0v) is 10.4. The molecule has 0 aliphatic heterocycles. The van der Waals surface area contributed by atoms with E-state index in [1.54, 1.807) is 17.8 Å². The van der Waals surface area contributed by atoms with E-state index in [4.69, 9.17) is 0 Å². The lowest BCUT2D eigenvalue weighted by molar-refractivity contribution is -0.141. The average Bonchev–Trinajstić information content (AvgIpc) is 2.28. The third-order valence-corrected chi connectivity index (χ3v) is 2.82. The summed E-state index contributed by atoms with van der Waals surface area (Å²) in [6.45, 7) is 0.648.